The lowest BCUT2D eigenvalue weighted by Gasteiger charge is -2.48. The van der Waals surface area contributed by atoms with Crippen molar-refractivity contribution >= 4 is 17.3 Å². The maximum atomic E-state index is 13.5. The first-order chi connectivity index (χ1) is 16.9. The first-order valence-electron chi connectivity index (χ1n) is 12.4. The molecule has 35 heavy (non-hydrogen) atoms. The van der Waals surface area contributed by atoms with Crippen molar-refractivity contribution in [2.45, 2.75) is 64.0 Å². The fourth-order valence-electron chi connectivity index (χ4n) is 5.84. The Hall–Kier alpha value is -2.14. The standard InChI is InChI=1S/C25H35FN4O4S/c26-22-8-6-20(7-9-22)16-23(28-19-34-35(32)33)24(31)30-13-10-25(11-14-30,17-29-15-12-27-18-29)21-4-2-1-3-5-21/h6-9,12,15,18,21,23,28H,1-5,10-11,13-14,16-17,19H2,(H,32,33)/t23-/m0/s1. The second-order valence-corrected chi connectivity index (χ2v) is 10.5. The van der Waals surface area contributed by atoms with Gasteiger partial charge in [0.15, 0.2) is 0 Å². The van der Waals surface area contributed by atoms with Crippen molar-refractivity contribution in [1.29, 1.82) is 0 Å². The summed E-state index contributed by atoms with van der Waals surface area (Å²) in [6.45, 7) is 2.02. The Bertz CT molecular complexity index is 958. The number of nitrogens with one attached hydrogen (secondary N) is 1. The fourth-order valence-corrected chi connectivity index (χ4v) is 6.00. The lowest BCUT2D eigenvalue weighted by atomic mass is 9.63. The highest BCUT2D eigenvalue weighted by Gasteiger charge is 2.43. The topological polar surface area (TPSA) is 96.7 Å². The number of benzene rings is 1. The van der Waals surface area contributed by atoms with Gasteiger partial charge in [-0.1, -0.05) is 31.4 Å². The third-order valence-electron chi connectivity index (χ3n) is 7.74. The molecule has 4 rings (SSSR count). The maximum Gasteiger partial charge on any atom is 0.303 e. The van der Waals surface area contributed by atoms with E-state index in [1.165, 1.54) is 44.2 Å². The van der Waals surface area contributed by atoms with Crippen LogP contribution in [-0.4, -0.2) is 55.0 Å². The summed E-state index contributed by atoms with van der Waals surface area (Å²) in [6, 6.07) is 5.40. The molecule has 2 atom stereocenters. The van der Waals surface area contributed by atoms with Gasteiger partial charge in [0.25, 0.3) is 0 Å². The third-order valence-corrected chi connectivity index (χ3v) is 8.06. The predicted molar refractivity (Wildman–Crippen MR) is 131 cm³/mol. The first kappa shape index (κ1) is 25.9. The van der Waals surface area contributed by atoms with Crippen LogP contribution in [0, 0.1) is 17.2 Å². The molecule has 1 amide bonds. The lowest BCUT2D eigenvalue weighted by Crippen LogP contribution is -2.54. The third kappa shape index (κ3) is 6.97. The van der Waals surface area contributed by atoms with E-state index >= 15 is 0 Å². The summed E-state index contributed by atoms with van der Waals surface area (Å²) < 4.78 is 40.1. The fraction of sp³-hybridized carbons (Fsp3) is 0.600. The Morgan fingerprint density at radius 1 is 1.23 bits per heavy atom. The quantitative estimate of drug-likeness (QED) is 0.378. The molecular formula is C25H35FN4O4S. The Balaban J connectivity index is 1.44. The van der Waals surface area contributed by atoms with Crippen molar-refractivity contribution < 1.29 is 22.1 Å². The molecule has 1 aliphatic carbocycles. The molecule has 1 aromatic heterocycles. The van der Waals surface area contributed by atoms with E-state index in [4.69, 9.17) is 8.74 Å². The van der Waals surface area contributed by atoms with E-state index < -0.39 is 17.4 Å². The number of aromatic nitrogens is 2. The van der Waals surface area contributed by atoms with Gasteiger partial charge in [0.1, 0.15) is 12.5 Å². The van der Waals surface area contributed by atoms with Crippen LogP contribution >= 0.6 is 0 Å². The Labute approximate surface area is 208 Å². The number of amides is 1. The van der Waals surface area contributed by atoms with Gasteiger partial charge in [0, 0.05) is 32.0 Å². The summed E-state index contributed by atoms with van der Waals surface area (Å²) in [4.78, 5) is 19.7. The number of halogens is 1. The number of likely N-dealkylation sites (tertiary alicyclic amines) is 1. The zero-order valence-electron chi connectivity index (χ0n) is 20.0. The number of piperidine rings is 1. The molecule has 8 nitrogen and oxygen atoms in total. The Kier molecular flexibility index (Phi) is 9.04. The largest absolute Gasteiger partial charge is 0.341 e. The van der Waals surface area contributed by atoms with E-state index in [0.717, 1.165) is 24.9 Å². The number of carbonyl (C=O) groups excluding carboxylic acids is 1. The highest BCUT2D eigenvalue weighted by atomic mass is 32.2. The number of hydrogen-bond donors (Lipinski definition) is 2. The van der Waals surface area contributed by atoms with Crippen LogP contribution in [0.25, 0.3) is 0 Å². The lowest BCUT2D eigenvalue weighted by molar-refractivity contribution is -0.137. The summed E-state index contributed by atoms with van der Waals surface area (Å²) in [6.07, 6.45) is 14.3. The van der Waals surface area contributed by atoms with Crippen LogP contribution in [0.4, 0.5) is 4.39 Å². The van der Waals surface area contributed by atoms with E-state index in [1.54, 1.807) is 12.1 Å². The SMILES string of the molecule is O=C([C@H](Cc1ccc(F)cc1)NCOS(=O)O)N1CCC(Cn2ccnc2)(C2CCCCC2)CC1. The average Bonchev–Trinajstić information content (AvgIpc) is 3.38. The molecule has 1 aliphatic heterocycles. The minimum absolute atomic E-state index is 0.0680. The molecule has 1 unspecified atom stereocenters. The second kappa shape index (κ2) is 12.2. The number of imidazole rings is 1. The van der Waals surface area contributed by atoms with Gasteiger partial charge in [-0.15, -0.1) is 0 Å². The maximum absolute atomic E-state index is 13.5. The normalized spacial score (nSPS) is 20.5. The van der Waals surface area contributed by atoms with E-state index in [1.807, 2.05) is 23.6 Å². The highest BCUT2D eigenvalue weighted by molar-refractivity contribution is 7.74. The zero-order valence-corrected chi connectivity index (χ0v) is 20.8. The first-order valence-corrected chi connectivity index (χ1v) is 13.4. The van der Waals surface area contributed by atoms with E-state index in [2.05, 4.69) is 14.9 Å². The molecule has 2 heterocycles. The summed E-state index contributed by atoms with van der Waals surface area (Å²) in [7, 11) is 0. The molecule has 0 spiro atoms. The molecule has 192 valence electrons. The van der Waals surface area contributed by atoms with Crippen molar-refractivity contribution in [3.8, 4) is 0 Å². The van der Waals surface area contributed by atoms with Gasteiger partial charge in [-0.2, -0.15) is 4.21 Å². The van der Waals surface area contributed by atoms with Crippen LogP contribution in [0.5, 0.6) is 0 Å². The van der Waals surface area contributed by atoms with Crippen LogP contribution in [-0.2, 0) is 33.3 Å². The zero-order chi connectivity index (χ0) is 24.7. The van der Waals surface area contributed by atoms with Gasteiger partial charge in [0.05, 0.1) is 12.4 Å². The summed E-state index contributed by atoms with van der Waals surface area (Å²) in [5, 5.41) is 2.96. The Morgan fingerprint density at radius 3 is 2.57 bits per heavy atom. The van der Waals surface area contributed by atoms with Crippen LogP contribution in [0.2, 0.25) is 0 Å². The van der Waals surface area contributed by atoms with Gasteiger partial charge >= 0.3 is 11.4 Å². The van der Waals surface area contributed by atoms with E-state index in [0.29, 0.717) is 25.4 Å². The van der Waals surface area contributed by atoms with Gasteiger partial charge in [-0.25, -0.2) is 9.37 Å². The summed E-state index contributed by atoms with van der Waals surface area (Å²) >= 11 is -2.42. The molecule has 0 bridgehead atoms. The molecule has 10 heteroatoms. The van der Waals surface area contributed by atoms with Gasteiger partial charge in [0.2, 0.25) is 5.91 Å². The number of carbonyl (C=O) groups is 1. The average molecular weight is 507 g/mol. The highest BCUT2D eigenvalue weighted by Crippen LogP contribution is 2.47. The molecule has 2 aliphatic rings. The number of hydrogen-bond acceptors (Lipinski definition) is 5. The molecule has 2 aromatic rings. The minimum atomic E-state index is -2.42. The molecule has 0 radical (unpaired) electrons. The molecule has 1 saturated carbocycles. The summed E-state index contributed by atoms with van der Waals surface area (Å²) in [5.41, 5.74) is 0.949. The van der Waals surface area contributed by atoms with Crippen molar-refractivity contribution in [3.05, 3.63) is 54.4 Å². The van der Waals surface area contributed by atoms with E-state index in [-0.39, 0.29) is 23.9 Å². The molecule has 1 saturated heterocycles. The molecule has 1 aromatic carbocycles. The van der Waals surface area contributed by atoms with Crippen LogP contribution in [0.3, 0.4) is 0 Å². The van der Waals surface area contributed by atoms with Crippen LogP contribution in [0.1, 0.15) is 50.5 Å². The van der Waals surface area contributed by atoms with E-state index in [9.17, 15) is 13.4 Å². The molecular weight excluding hydrogens is 471 g/mol. The Morgan fingerprint density at radius 2 is 1.94 bits per heavy atom. The van der Waals surface area contributed by atoms with Gasteiger partial charge < -0.3 is 9.47 Å². The van der Waals surface area contributed by atoms with Gasteiger partial charge in [-0.05, 0) is 61.1 Å². The second-order valence-electron chi connectivity index (χ2n) is 9.82. The molecule has 2 N–H and O–H groups in total. The summed E-state index contributed by atoms with van der Waals surface area (Å²) in [5.74, 6) is 0.245. The van der Waals surface area contributed by atoms with Crippen molar-refractivity contribution in [3.63, 3.8) is 0 Å². The molecule has 2 fully saturated rings. The number of nitrogens with zero attached hydrogens (tertiary/aromatic N) is 3. The smallest absolute Gasteiger partial charge is 0.303 e. The van der Waals surface area contributed by atoms with Crippen LogP contribution in [0.15, 0.2) is 43.0 Å². The number of rotatable bonds is 10. The predicted octanol–water partition coefficient (Wildman–Crippen LogP) is 3.52. The van der Waals surface area contributed by atoms with Gasteiger partial charge in [-0.3, -0.25) is 18.8 Å². The minimum Gasteiger partial charge on any atom is -0.341 e. The monoisotopic (exact) mass is 506 g/mol. The van der Waals surface area contributed by atoms with Crippen molar-refractivity contribution in [2.75, 3.05) is 19.8 Å². The van der Waals surface area contributed by atoms with Crippen molar-refractivity contribution in [2.24, 2.45) is 11.3 Å². The van der Waals surface area contributed by atoms with Crippen molar-refractivity contribution in [1.82, 2.24) is 19.8 Å². The van der Waals surface area contributed by atoms with Crippen LogP contribution < -0.4 is 5.32 Å².